The van der Waals surface area contributed by atoms with Crippen LogP contribution in [0.3, 0.4) is 0 Å². The summed E-state index contributed by atoms with van der Waals surface area (Å²) < 4.78 is 10.8. The van der Waals surface area contributed by atoms with Crippen molar-refractivity contribution >= 4 is 11.8 Å². The van der Waals surface area contributed by atoms with Gasteiger partial charge in [0.2, 0.25) is 0 Å². The van der Waals surface area contributed by atoms with Crippen molar-refractivity contribution in [2.45, 2.75) is 26.2 Å². The third-order valence-electron chi connectivity index (χ3n) is 2.90. The van der Waals surface area contributed by atoms with Crippen molar-refractivity contribution in [2.24, 2.45) is 0 Å². The van der Waals surface area contributed by atoms with Gasteiger partial charge in [-0.25, -0.2) is 4.79 Å². The number of likely N-dealkylation sites (N-methyl/N-ethyl adjacent to an activating group) is 1. The van der Waals surface area contributed by atoms with Crippen LogP contribution in [0.25, 0.3) is 0 Å². The second-order valence-electron chi connectivity index (χ2n) is 5.12. The van der Waals surface area contributed by atoms with Gasteiger partial charge in [-0.2, -0.15) is 0 Å². The molecule has 21 heavy (non-hydrogen) atoms. The van der Waals surface area contributed by atoms with Crippen LogP contribution in [0.2, 0.25) is 0 Å². The van der Waals surface area contributed by atoms with Gasteiger partial charge in [0.05, 0.1) is 12.3 Å². The number of carbonyl (C=O) groups excluding carboxylic acids is 1. The predicted octanol–water partition coefficient (Wildman–Crippen LogP) is 3.37. The Morgan fingerprint density at radius 1 is 1.19 bits per heavy atom. The van der Waals surface area contributed by atoms with Crippen molar-refractivity contribution in [3.8, 4) is 5.75 Å². The molecule has 0 radical (unpaired) electrons. The summed E-state index contributed by atoms with van der Waals surface area (Å²) >= 11 is 0. The van der Waals surface area contributed by atoms with Crippen LogP contribution in [0.1, 0.15) is 26.2 Å². The molecule has 0 aromatic heterocycles. The fourth-order valence-electron chi connectivity index (χ4n) is 1.70. The molecule has 0 heterocycles. The van der Waals surface area contributed by atoms with Gasteiger partial charge in [-0.15, -0.1) is 0 Å². The maximum Gasteiger partial charge on any atom is 0.411 e. The summed E-state index contributed by atoms with van der Waals surface area (Å²) in [5.41, 5.74) is 0.642. The third kappa shape index (κ3) is 7.56. The molecule has 1 aromatic rings. The fraction of sp³-hybridized carbons (Fsp3) is 0.562. The molecule has 5 heteroatoms. The molecule has 1 amide bonds. The van der Waals surface area contributed by atoms with E-state index in [4.69, 9.17) is 9.47 Å². The van der Waals surface area contributed by atoms with Crippen molar-refractivity contribution in [3.63, 3.8) is 0 Å². The monoisotopic (exact) mass is 294 g/mol. The second-order valence-corrected chi connectivity index (χ2v) is 5.12. The molecule has 0 fully saturated rings. The zero-order valence-electron chi connectivity index (χ0n) is 13.2. The van der Waals surface area contributed by atoms with Gasteiger partial charge in [0.25, 0.3) is 0 Å². The number of benzene rings is 1. The van der Waals surface area contributed by atoms with Gasteiger partial charge in [-0.1, -0.05) is 31.9 Å². The first-order valence-corrected chi connectivity index (χ1v) is 7.43. The average Bonchev–Trinajstić information content (AvgIpc) is 2.45. The van der Waals surface area contributed by atoms with Gasteiger partial charge in [-0.05, 0) is 32.6 Å². The van der Waals surface area contributed by atoms with Gasteiger partial charge in [0, 0.05) is 6.54 Å². The van der Waals surface area contributed by atoms with Crippen LogP contribution in [0, 0.1) is 0 Å². The SMILES string of the molecule is CCCCCOc1ccccc1NC(=O)OCCN(C)C. The first-order valence-electron chi connectivity index (χ1n) is 7.43. The number of nitrogens with zero attached hydrogens (tertiary/aromatic N) is 1. The van der Waals surface area contributed by atoms with E-state index >= 15 is 0 Å². The lowest BCUT2D eigenvalue weighted by Crippen LogP contribution is -2.22. The molecule has 0 aliphatic heterocycles. The highest BCUT2D eigenvalue weighted by Crippen LogP contribution is 2.24. The summed E-state index contributed by atoms with van der Waals surface area (Å²) in [5.74, 6) is 0.679. The molecule has 0 unspecified atom stereocenters. The molecule has 0 spiro atoms. The molecular weight excluding hydrogens is 268 g/mol. The van der Waals surface area contributed by atoms with Crippen LogP contribution < -0.4 is 10.1 Å². The minimum absolute atomic E-state index is 0.359. The topological polar surface area (TPSA) is 50.8 Å². The maximum absolute atomic E-state index is 11.7. The quantitative estimate of drug-likeness (QED) is 0.709. The highest BCUT2D eigenvalue weighted by Gasteiger charge is 2.08. The van der Waals surface area contributed by atoms with Gasteiger partial charge in [0.1, 0.15) is 12.4 Å². The third-order valence-corrected chi connectivity index (χ3v) is 2.90. The molecule has 5 nitrogen and oxygen atoms in total. The number of nitrogens with one attached hydrogen (secondary N) is 1. The number of hydrogen-bond donors (Lipinski definition) is 1. The standard InChI is InChI=1S/C16H26N2O3/c1-4-5-8-12-20-15-10-7-6-9-14(15)17-16(19)21-13-11-18(2)3/h6-7,9-10H,4-5,8,11-13H2,1-3H3,(H,17,19). The minimum Gasteiger partial charge on any atom is -0.491 e. The van der Waals surface area contributed by atoms with Crippen molar-refractivity contribution in [1.29, 1.82) is 0 Å². The Morgan fingerprint density at radius 2 is 1.95 bits per heavy atom. The Hall–Kier alpha value is -1.75. The van der Waals surface area contributed by atoms with Crippen LogP contribution in [0.5, 0.6) is 5.75 Å². The number of unbranched alkanes of at least 4 members (excludes halogenated alkanes) is 2. The lowest BCUT2D eigenvalue weighted by Gasteiger charge is -2.13. The van der Waals surface area contributed by atoms with E-state index in [0.717, 1.165) is 19.3 Å². The van der Waals surface area contributed by atoms with Crippen LogP contribution in [-0.2, 0) is 4.74 Å². The molecule has 0 aliphatic carbocycles. The number of ether oxygens (including phenoxy) is 2. The second kappa shape index (κ2) is 10.0. The van der Waals surface area contributed by atoms with Crippen molar-refractivity contribution in [3.05, 3.63) is 24.3 Å². The zero-order chi connectivity index (χ0) is 15.5. The summed E-state index contributed by atoms with van der Waals surface area (Å²) in [4.78, 5) is 13.7. The zero-order valence-corrected chi connectivity index (χ0v) is 13.2. The van der Waals surface area contributed by atoms with Gasteiger partial charge < -0.3 is 14.4 Å². The normalized spacial score (nSPS) is 10.5. The van der Waals surface area contributed by atoms with Gasteiger partial charge in [-0.3, -0.25) is 5.32 Å². The molecule has 118 valence electrons. The van der Waals surface area contributed by atoms with Crippen LogP contribution in [0.15, 0.2) is 24.3 Å². The Labute approximate surface area is 127 Å². The molecule has 0 saturated heterocycles. The van der Waals surface area contributed by atoms with E-state index in [9.17, 15) is 4.79 Å². The number of hydrogen-bond acceptors (Lipinski definition) is 4. The predicted molar refractivity (Wildman–Crippen MR) is 85.0 cm³/mol. The first kappa shape index (κ1) is 17.3. The Balaban J connectivity index is 2.44. The van der Waals surface area contributed by atoms with E-state index in [1.807, 2.05) is 43.3 Å². The Kier molecular flexibility index (Phi) is 8.28. The van der Waals surface area contributed by atoms with Crippen molar-refractivity contribution < 1.29 is 14.3 Å². The molecule has 0 aliphatic rings. The van der Waals surface area contributed by atoms with Crippen LogP contribution in [0.4, 0.5) is 10.5 Å². The molecular formula is C16H26N2O3. The number of carbonyl (C=O) groups is 1. The van der Waals surface area contributed by atoms with Crippen LogP contribution in [-0.4, -0.2) is 44.8 Å². The number of anilines is 1. The molecule has 0 bridgehead atoms. The number of rotatable bonds is 9. The molecule has 0 atom stereocenters. The minimum atomic E-state index is -0.457. The average molecular weight is 294 g/mol. The molecule has 1 aromatic carbocycles. The summed E-state index contributed by atoms with van der Waals surface area (Å²) in [6.45, 7) is 3.86. The van der Waals surface area contributed by atoms with E-state index in [2.05, 4.69) is 12.2 Å². The molecule has 1 rings (SSSR count). The highest BCUT2D eigenvalue weighted by molar-refractivity contribution is 5.86. The number of amides is 1. The Bertz CT molecular complexity index is 422. The summed E-state index contributed by atoms with van der Waals surface area (Å²) in [6, 6.07) is 7.40. The highest BCUT2D eigenvalue weighted by atomic mass is 16.5. The fourth-order valence-corrected chi connectivity index (χ4v) is 1.70. The van der Waals surface area contributed by atoms with E-state index in [1.165, 1.54) is 0 Å². The summed E-state index contributed by atoms with van der Waals surface area (Å²) in [6.07, 6.45) is 2.85. The largest absolute Gasteiger partial charge is 0.491 e. The summed E-state index contributed by atoms with van der Waals surface area (Å²) in [5, 5.41) is 2.72. The smallest absolute Gasteiger partial charge is 0.411 e. The number of para-hydroxylation sites is 2. The summed E-state index contributed by atoms with van der Waals surface area (Å²) in [7, 11) is 3.86. The molecule has 0 saturated carbocycles. The van der Waals surface area contributed by atoms with E-state index in [0.29, 0.717) is 31.2 Å². The Morgan fingerprint density at radius 3 is 2.67 bits per heavy atom. The lowest BCUT2D eigenvalue weighted by molar-refractivity contribution is 0.151. The van der Waals surface area contributed by atoms with E-state index in [-0.39, 0.29) is 0 Å². The molecule has 1 N–H and O–H groups in total. The van der Waals surface area contributed by atoms with Gasteiger partial charge in [0.15, 0.2) is 0 Å². The van der Waals surface area contributed by atoms with Crippen LogP contribution >= 0.6 is 0 Å². The van der Waals surface area contributed by atoms with E-state index < -0.39 is 6.09 Å². The van der Waals surface area contributed by atoms with Crippen molar-refractivity contribution in [2.75, 3.05) is 39.2 Å². The van der Waals surface area contributed by atoms with Crippen molar-refractivity contribution in [1.82, 2.24) is 4.90 Å². The van der Waals surface area contributed by atoms with Gasteiger partial charge >= 0.3 is 6.09 Å². The van der Waals surface area contributed by atoms with E-state index in [1.54, 1.807) is 0 Å². The lowest BCUT2D eigenvalue weighted by atomic mass is 10.2. The first-order chi connectivity index (χ1) is 10.1. The maximum atomic E-state index is 11.7.